The molecule has 43 heavy (non-hydrogen) atoms. The van der Waals surface area contributed by atoms with Gasteiger partial charge in [-0.25, -0.2) is 19.6 Å². The third-order valence-electron chi connectivity index (χ3n) is 5.95. The summed E-state index contributed by atoms with van der Waals surface area (Å²) in [5, 5.41) is 15.2. The lowest BCUT2D eigenvalue weighted by atomic mass is 10.0. The van der Waals surface area contributed by atoms with Crippen LogP contribution in [0.1, 0.15) is 35.5 Å². The topological polar surface area (TPSA) is 183 Å². The predicted octanol–water partition coefficient (Wildman–Crippen LogP) is 2.89. The molecule has 4 rings (SSSR count). The largest absolute Gasteiger partial charge is 0.491 e. The van der Waals surface area contributed by atoms with Gasteiger partial charge in [0.25, 0.3) is 5.95 Å². The minimum Gasteiger partial charge on any atom is -0.491 e. The van der Waals surface area contributed by atoms with Gasteiger partial charge in [0.2, 0.25) is 0 Å². The molecule has 0 bridgehead atoms. The molecule has 16 heteroatoms. The van der Waals surface area contributed by atoms with Crippen molar-refractivity contribution in [3.8, 4) is 17.4 Å². The summed E-state index contributed by atoms with van der Waals surface area (Å²) >= 11 is 0. The Hall–Kier alpha value is -5.25. The van der Waals surface area contributed by atoms with E-state index in [4.69, 9.17) is 20.6 Å². The molecular weight excluding hydrogens is 573 g/mol. The molecule has 0 unspecified atom stereocenters. The summed E-state index contributed by atoms with van der Waals surface area (Å²) in [5.41, 5.74) is 6.20. The number of carbonyl (C=O) groups excluding carboxylic acids is 1. The highest BCUT2D eigenvalue weighted by Gasteiger charge is 2.42. The zero-order valence-corrected chi connectivity index (χ0v) is 22.9. The second kappa shape index (κ2) is 13.2. The monoisotopic (exact) mass is 600 g/mol. The lowest BCUT2D eigenvalue weighted by Gasteiger charge is -2.21. The number of nitrogens with zero attached hydrogens (tertiary/aromatic N) is 4. The molecule has 13 nitrogen and oxygen atoms in total. The molecule has 5 N–H and O–H groups in total. The van der Waals surface area contributed by atoms with Crippen LogP contribution in [0.5, 0.6) is 11.5 Å². The smallest absolute Gasteiger partial charge is 0.491 e. The molecule has 0 radical (unpaired) electrons. The number of carbonyl (C=O) groups is 1. The number of rotatable bonds is 12. The van der Waals surface area contributed by atoms with E-state index in [0.29, 0.717) is 24.3 Å². The SMILES string of the molecule is CCc1cc(OCCOC)cc([C@H](Nc2ccc(C(=N)N)c(OC(=O)C(F)(F)F)c2)c2nn(-c3ncccn3)c(=O)[nH]2)c1. The van der Waals surface area contributed by atoms with Gasteiger partial charge in [-0.15, -0.1) is 9.78 Å². The van der Waals surface area contributed by atoms with E-state index >= 15 is 0 Å². The Kier molecular flexibility index (Phi) is 9.39. The Labute approximate surface area is 242 Å². The summed E-state index contributed by atoms with van der Waals surface area (Å²) < 4.78 is 55.3. The Bertz CT molecular complexity index is 1660. The number of H-pyrrole nitrogens is 1. The van der Waals surface area contributed by atoms with Gasteiger partial charge in [-0.05, 0) is 47.9 Å². The van der Waals surface area contributed by atoms with Gasteiger partial charge < -0.3 is 25.3 Å². The third kappa shape index (κ3) is 7.53. The number of halogens is 3. The summed E-state index contributed by atoms with van der Waals surface area (Å²) in [7, 11) is 1.54. The molecule has 226 valence electrons. The number of aromatic nitrogens is 5. The normalized spacial score (nSPS) is 12.0. The minimum atomic E-state index is -5.29. The van der Waals surface area contributed by atoms with E-state index < -0.39 is 35.5 Å². The van der Waals surface area contributed by atoms with Crippen LogP contribution in [0.4, 0.5) is 18.9 Å². The van der Waals surface area contributed by atoms with E-state index in [9.17, 15) is 22.8 Å². The fourth-order valence-corrected chi connectivity index (χ4v) is 3.94. The number of nitrogens with two attached hydrogens (primary N) is 1. The summed E-state index contributed by atoms with van der Waals surface area (Å²) in [5.74, 6) is -3.10. The third-order valence-corrected chi connectivity index (χ3v) is 5.95. The summed E-state index contributed by atoms with van der Waals surface area (Å²) in [6.45, 7) is 2.54. The van der Waals surface area contributed by atoms with Crippen LogP contribution in [0.25, 0.3) is 5.95 Å². The van der Waals surface area contributed by atoms with Crippen LogP contribution < -0.4 is 26.2 Å². The standard InChI is InChI=1S/C27H27F3N8O5/c1-3-15-11-16(13-18(12-15)42-10-9-41-2)21(23-36-26(40)38(37-23)25-33-7-4-8-34-25)35-17-5-6-19(22(31)32)20(14-17)43-24(39)27(28,29)30/h4-8,11-14,21,35H,3,9-10H2,1-2H3,(H3,31,32)(H,36,37,40)/t21-/m0/s1. The van der Waals surface area contributed by atoms with Crippen molar-refractivity contribution in [2.75, 3.05) is 25.6 Å². The zero-order chi connectivity index (χ0) is 31.1. The number of esters is 1. The Morgan fingerprint density at radius 2 is 1.91 bits per heavy atom. The second-order valence-electron chi connectivity index (χ2n) is 8.97. The highest BCUT2D eigenvalue weighted by atomic mass is 19.4. The number of aromatic amines is 1. The van der Waals surface area contributed by atoms with Gasteiger partial charge in [0.15, 0.2) is 5.82 Å². The number of nitrogen functional groups attached to an aromatic ring is 1. The van der Waals surface area contributed by atoms with E-state index in [-0.39, 0.29) is 29.6 Å². The van der Waals surface area contributed by atoms with Gasteiger partial charge in [-0.1, -0.05) is 13.0 Å². The van der Waals surface area contributed by atoms with Gasteiger partial charge in [-0.2, -0.15) is 13.2 Å². The number of anilines is 1. The number of aryl methyl sites for hydroxylation is 1. The number of alkyl halides is 3. The number of nitrogens with one attached hydrogen (secondary N) is 3. The Morgan fingerprint density at radius 3 is 2.56 bits per heavy atom. The molecule has 0 saturated carbocycles. The molecule has 0 aliphatic carbocycles. The molecule has 0 aliphatic heterocycles. The van der Waals surface area contributed by atoms with Gasteiger partial charge in [0.05, 0.1) is 12.2 Å². The van der Waals surface area contributed by atoms with Crippen molar-refractivity contribution in [1.82, 2.24) is 24.7 Å². The van der Waals surface area contributed by atoms with E-state index in [1.54, 1.807) is 12.1 Å². The van der Waals surface area contributed by atoms with Gasteiger partial charge in [0, 0.05) is 31.3 Å². The average molecular weight is 601 g/mol. The highest BCUT2D eigenvalue weighted by Crippen LogP contribution is 2.32. The lowest BCUT2D eigenvalue weighted by molar-refractivity contribution is -0.189. The zero-order valence-electron chi connectivity index (χ0n) is 22.9. The number of hydrogen-bond acceptors (Lipinski definition) is 10. The van der Waals surface area contributed by atoms with Gasteiger partial charge in [0.1, 0.15) is 30.0 Å². The first-order chi connectivity index (χ1) is 20.5. The fraction of sp³-hybridized carbons (Fsp3) is 0.259. The number of amidine groups is 1. The molecule has 0 fully saturated rings. The van der Waals surface area contributed by atoms with Crippen molar-refractivity contribution in [3.63, 3.8) is 0 Å². The van der Waals surface area contributed by atoms with Crippen LogP contribution in [0.3, 0.4) is 0 Å². The molecule has 2 aromatic heterocycles. The summed E-state index contributed by atoms with van der Waals surface area (Å²) in [4.78, 5) is 35.3. The Balaban J connectivity index is 1.82. The summed E-state index contributed by atoms with van der Waals surface area (Å²) in [6.07, 6.45) is -1.79. The first kappa shape index (κ1) is 30.7. The molecule has 0 spiro atoms. The maximum absolute atomic E-state index is 13.0. The molecule has 2 aromatic carbocycles. The van der Waals surface area contributed by atoms with Crippen LogP contribution in [0.15, 0.2) is 59.7 Å². The van der Waals surface area contributed by atoms with Crippen molar-refractivity contribution < 1.29 is 32.2 Å². The van der Waals surface area contributed by atoms with Crippen molar-refractivity contribution in [3.05, 3.63) is 87.9 Å². The predicted molar refractivity (Wildman–Crippen MR) is 148 cm³/mol. The fourth-order valence-electron chi connectivity index (χ4n) is 3.94. The van der Waals surface area contributed by atoms with E-state index in [2.05, 4.69) is 30.1 Å². The van der Waals surface area contributed by atoms with Crippen molar-refractivity contribution in [1.29, 1.82) is 5.41 Å². The molecule has 0 saturated heterocycles. The highest BCUT2D eigenvalue weighted by molar-refractivity contribution is 5.99. The van der Waals surface area contributed by atoms with Gasteiger partial charge in [-0.3, -0.25) is 10.4 Å². The van der Waals surface area contributed by atoms with E-state index in [0.717, 1.165) is 16.3 Å². The molecular formula is C27H27F3N8O5. The van der Waals surface area contributed by atoms with Crippen LogP contribution in [0.2, 0.25) is 0 Å². The average Bonchev–Trinajstić information content (AvgIpc) is 3.36. The van der Waals surface area contributed by atoms with Crippen LogP contribution in [-0.2, 0) is 16.0 Å². The van der Waals surface area contributed by atoms with Crippen molar-refractivity contribution in [2.45, 2.75) is 25.6 Å². The molecule has 0 amide bonds. The molecule has 1 atom stereocenters. The number of ether oxygens (including phenoxy) is 3. The van der Waals surface area contributed by atoms with Crippen LogP contribution >= 0.6 is 0 Å². The van der Waals surface area contributed by atoms with E-state index in [1.165, 1.54) is 31.6 Å². The Morgan fingerprint density at radius 1 is 1.16 bits per heavy atom. The second-order valence-corrected chi connectivity index (χ2v) is 8.97. The minimum absolute atomic E-state index is 0.00630. The number of methoxy groups -OCH3 is 1. The van der Waals surface area contributed by atoms with Gasteiger partial charge >= 0.3 is 17.8 Å². The van der Waals surface area contributed by atoms with Crippen LogP contribution in [0, 0.1) is 5.41 Å². The van der Waals surface area contributed by atoms with Crippen LogP contribution in [-0.4, -0.2) is 63.0 Å². The first-order valence-corrected chi connectivity index (χ1v) is 12.8. The molecule has 0 aliphatic rings. The first-order valence-electron chi connectivity index (χ1n) is 12.8. The quantitative estimate of drug-likeness (QED) is 0.0620. The van der Waals surface area contributed by atoms with Crippen molar-refractivity contribution in [2.24, 2.45) is 5.73 Å². The maximum atomic E-state index is 13.0. The van der Waals surface area contributed by atoms with Crippen molar-refractivity contribution >= 4 is 17.5 Å². The number of hydrogen-bond donors (Lipinski definition) is 4. The van der Waals surface area contributed by atoms with E-state index in [1.807, 2.05) is 19.1 Å². The lowest BCUT2D eigenvalue weighted by Crippen LogP contribution is -2.29. The molecule has 4 aromatic rings. The maximum Gasteiger partial charge on any atom is 0.491 e. The summed E-state index contributed by atoms with van der Waals surface area (Å²) in [6, 6.07) is 9.76. The molecule has 2 heterocycles. The number of benzene rings is 2.